The molecule has 2 rings (SSSR count). The molecule has 0 aliphatic carbocycles. The van der Waals surface area contributed by atoms with Crippen LogP contribution in [0, 0.1) is 6.92 Å². The lowest BCUT2D eigenvalue weighted by Gasteiger charge is -2.42. The summed E-state index contributed by atoms with van der Waals surface area (Å²) in [4.78, 5) is 18.4. The lowest BCUT2D eigenvalue weighted by Crippen LogP contribution is -2.55. The van der Waals surface area contributed by atoms with Crippen LogP contribution < -0.4 is 0 Å². The van der Waals surface area contributed by atoms with Crippen LogP contribution in [0.15, 0.2) is 18.3 Å². The zero-order chi connectivity index (χ0) is 14.0. The molecule has 1 atom stereocenters. The number of hydrogen-bond acceptors (Lipinski definition) is 4. The van der Waals surface area contributed by atoms with Crippen LogP contribution in [-0.2, 0) is 4.74 Å². The summed E-state index contributed by atoms with van der Waals surface area (Å²) in [7, 11) is 0. The van der Waals surface area contributed by atoms with Crippen molar-refractivity contribution in [1.82, 2.24) is 9.88 Å². The lowest BCUT2D eigenvalue weighted by atomic mass is 10.0. The van der Waals surface area contributed by atoms with E-state index in [2.05, 4.69) is 4.98 Å². The number of ether oxygens (including phenoxy) is 1. The molecule has 0 saturated carbocycles. The third kappa shape index (κ3) is 3.11. The molecule has 1 aliphatic heterocycles. The zero-order valence-electron chi connectivity index (χ0n) is 11.6. The molecule has 1 N–H and O–H groups in total. The maximum absolute atomic E-state index is 12.5. The number of amides is 1. The molecule has 19 heavy (non-hydrogen) atoms. The van der Waals surface area contributed by atoms with E-state index in [1.165, 1.54) is 0 Å². The minimum absolute atomic E-state index is 0.0552. The van der Waals surface area contributed by atoms with Crippen molar-refractivity contribution in [2.45, 2.75) is 32.5 Å². The highest BCUT2D eigenvalue weighted by molar-refractivity contribution is 5.95. The van der Waals surface area contributed by atoms with Crippen LogP contribution in [0.1, 0.15) is 29.9 Å². The average molecular weight is 264 g/mol. The van der Waals surface area contributed by atoms with Gasteiger partial charge in [0.2, 0.25) is 0 Å². The van der Waals surface area contributed by atoms with E-state index < -0.39 is 5.60 Å². The third-order valence-corrected chi connectivity index (χ3v) is 3.21. The van der Waals surface area contributed by atoms with E-state index >= 15 is 0 Å². The molecule has 1 aromatic heterocycles. The standard InChI is InChI=1S/C14H20N2O3/c1-10-12(5-4-6-15-10)13(18)16-7-11(8-17)19-14(2,3)9-16/h4-6,11,17H,7-9H2,1-3H3. The molecule has 0 aromatic carbocycles. The van der Waals surface area contributed by atoms with Crippen molar-refractivity contribution in [1.29, 1.82) is 0 Å². The van der Waals surface area contributed by atoms with Crippen molar-refractivity contribution >= 4 is 5.91 Å². The van der Waals surface area contributed by atoms with Gasteiger partial charge in [-0.15, -0.1) is 0 Å². The van der Waals surface area contributed by atoms with Crippen LogP contribution in [0.3, 0.4) is 0 Å². The van der Waals surface area contributed by atoms with Crippen LogP contribution in [-0.4, -0.2) is 52.3 Å². The number of aliphatic hydroxyl groups excluding tert-OH is 1. The largest absolute Gasteiger partial charge is 0.394 e. The number of aryl methyl sites for hydroxylation is 1. The number of morpholine rings is 1. The highest BCUT2D eigenvalue weighted by Crippen LogP contribution is 2.22. The van der Waals surface area contributed by atoms with Gasteiger partial charge in [0.05, 0.1) is 23.9 Å². The van der Waals surface area contributed by atoms with Gasteiger partial charge in [-0.3, -0.25) is 9.78 Å². The van der Waals surface area contributed by atoms with Crippen molar-refractivity contribution in [3.63, 3.8) is 0 Å². The van der Waals surface area contributed by atoms with Gasteiger partial charge >= 0.3 is 0 Å². The molecule has 1 aromatic rings. The summed E-state index contributed by atoms with van der Waals surface area (Å²) in [5.41, 5.74) is 0.881. The van der Waals surface area contributed by atoms with Crippen molar-refractivity contribution in [2.75, 3.05) is 19.7 Å². The van der Waals surface area contributed by atoms with Gasteiger partial charge in [0.25, 0.3) is 5.91 Å². The Balaban J connectivity index is 2.21. The smallest absolute Gasteiger partial charge is 0.255 e. The van der Waals surface area contributed by atoms with Gasteiger partial charge in [-0.25, -0.2) is 0 Å². The summed E-state index contributed by atoms with van der Waals surface area (Å²) in [6.45, 7) is 6.50. The molecule has 1 aliphatic rings. The van der Waals surface area contributed by atoms with Gasteiger partial charge in [0.15, 0.2) is 0 Å². The maximum atomic E-state index is 12.5. The number of aliphatic hydroxyl groups is 1. The van der Waals surface area contributed by atoms with E-state index in [-0.39, 0.29) is 18.6 Å². The van der Waals surface area contributed by atoms with E-state index in [9.17, 15) is 9.90 Å². The first kappa shape index (κ1) is 14.0. The highest BCUT2D eigenvalue weighted by atomic mass is 16.5. The Morgan fingerprint density at radius 2 is 2.37 bits per heavy atom. The number of carbonyl (C=O) groups excluding carboxylic acids is 1. The molecule has 5 heteroatoms. The Bertz CT molecular complexity index is 474. The van der Waals surface area contributed by atoms with E-state index in [0.29, 0.717) is 18.7 Å². The number of nitrogens with zero attached hydrogens (tertiary/aromatic N) is 2. The quantitative estimate of drug-likeness (QED) is 0.865. The van der Waals surface area contributed by atoms with Crippen molar-refractivity contribution in [2.24, 2.45) is 0 Å². The second kappa shape index (κ2) is 5.27. The average Bonchev–Trinajstić information content (AvgIpc) is 2.36. The molecule has 1 fully saturated rings. The molecule has 5 nitrogen and oxygen atoms in total. The van der Waals surface area contributed by atoms with Gasteiger partial charge in [0.1, 0.15) is 0 Å². The third-order valence-electron chi connectivity index (χ3n) is 3.21. The molecular formula is C14H20N2O3. The van der Waals surface area contributed by atoms with Gasteiger partial charge < -0.3 is 14.7 Å². The number of pyridine rings is 1. The molecular weight excluding hydrogens is 244 g/mol. The fraction of sp³-hybridized carbons (Fsp3) is 0.571. The Labute approximate surface area is 113 Å². The molecule has 0 bridgehead atoms. The maximum Gasteiger partial charge on any atom is 0.255 e. The normalized spacial score (nSPS) is 22.3. The van der Waals surface area contributed by atoms with E-state index in [0.717, 1.165) is 5.69 Å². The molecule has 104 valence electrons. The second-order valence-electron chi connectivity index (χ2n) is 5.50. The molecule has 0 radical (unpaired) electrons. The Hall–Kier alpha value is -1.46. The minimum atomic E-state index is -0.447. The van der Waals surface area contributed by atoms with Gasteiger partial charge in [-0.05, 0) is 32.9 Å². The van der Waals surface area contributed by atoms with Crippen LogP contribution in [0.4, 0.5) is 0 Å². The van der Waals surface area contributed by atoms with Crippen molar-refractivity contribution in [3.05, 3.63) is 29.6 Å². The van der Waals surface area contributed by atoms with Crippen LogP contribution in [0.5, 0.6) is 0 Å². The number of aromatic nitrogens is 1. The number of rotatable bonds is 2. The topological polar surface area (TPSA) is 62.7 Å². The first-order valence-corrected chi connectivity index (χ1v) is 6.42. The summed E-state index contributed by atoms with van der Waals surface area (Å²) < 4.78 is 5.71. The zero-order valence-corrected chi connectivity index (χ0v) is 11.6. The monoisotopic (exact) mass is 264 g/mol. The molecule has 1 saturated heterocycles. The van der Waals surface area contributed by atoms with Gasteiger partial charge in [0, 0.05) is 25.0 Å². The number of carbonyl (C=O) groups is 1. The summed E-state index contributed by atoms with van der Waals surface area (Å²) in [5, 5.41) is 9.27. The number of hydrogen-bond donors (Lipinski definition) is 1. The first-order chi connectivity index (χ1) is 8.93. The van der Waals surface area contributed by atoms with Gasteiger partial charge in [-0.2, -0.15) is 0 Å². The lowest BCUT2D eigenvalue weighted by molar-refractivity contribution is -0.139. The van der Waals surface area contributed by atoms with Crippen molar-refractivity contribution in [3.8, 4) is 0 Å². The van der Waals surface area contributed by atoms with Crippen LogP contribution >= 0.6 is 0 Å². The Kier molecular flexibility index (Phi) is 3.87. The van der Waals surface area contributed by atoms with Gasteiger partial charge in [-0.1, -0.05) is 0 Å². The Morgan fingerprint density at radius 1 is 1.63 bits per heavy atom. The molecule has 2 heterocycles. The Morgan fingerprint density at radius 3 is 3.00 bits per heavy atom. The molecule has 1 amide bonds. The second-order valence-corrected chi connectivity index (χ2v) is 5.50. The molecule has 1 unspecified atom stereocenters. The first-order valence-electron chi connectivity index (χ1n) is 6.42. The van der Waals surface area contributed by atoms with Crippen molar-refractivity contribution < 1.29 is 14.6 Å². The van der Waals surface area contributed by atoms with Crippen LogP contribution in [0.25, 0.3) is 0 Å². The summed E-state index contributed by atoms with van der Waals surface area (Å²) in [6.07, 6.45) is 1.34. The summed E-state index contributed by atoms with van der Waals surface area (Å²) in [5.74, 6) is -0.0552. The highest BCUT2D eigenvalue weighted by Gasteiger charge is 2.35. The van der Waals surface area contributed by atoms with E-state index in [1.54, 1.807) is 23.2 Å². The SMILES string of the molecule is Cc1ncccc1C(=O)N1CC(CO)OC(C)(C)C1. The fourth-order valence-corrected chi connectivity index (χ4v) is 2.43. The van der Waals surface area contributed by atoms with E-state index in [1.807, 2.05) is 20.8 Å². The summed E-state index contributed by atoms with van der Waals surface area (Å²) >= 11 is 0. The van der Waals surface area contributed by atoms with E-state index in [4.69, 9.17) is 4.74 Å². The minimum Gasteiger partial charge on any atom is -0.394 e. The predicted octanol–water partition coefficient (Wildman–Crippen LogP) is 1.00. The predicted molar refractivity (Wildman–Crippen MR) is 70.9 cm³/mol. The summed E-state index contributed by atoms with van der Waals surface area (Å²) in [6, 6.07) is 3.54. The fourth-order valence-electron chi connectivity index (χ4n) is 2.43. The van der Waals surface area contributed by atoms with Crippen LogP contribution in [0.2, 0.25) is 0 Å². The molecule has 0 spiro atoms.